The fourth-order valence-corrected chi connectivity index (χ4v) is 8.91. The predicted molar refractivity (Wildman–Crippen MR) is 275 cm³/mol. The first-order chi connectivity index (χ1) is 27.9. The van der Waals surface area contributed by atoms with Crippen LogP contribution in [0.5, 0.6) is 0 Å². The van der Waals surface area contributed by atoms with Gasteiger partial charge in [-0.25, -0.2) is 11.1 Å². The average Bonchev–Trinajstić information content (AvgIpc) is 3.90. The standard InChI is InChI=1S/C25H25.C13H21.2C10H13.CH2.2ClH.Zr/c1-14-12-24(3,4)22-8-16-7-17-9-23-19(15(2)13-25(23,5)6)11-21(17)20(16)10-18(14)22;1-6-10-8-11(7-2)12(9-10)13(3,4)5;2*1-10(2,3)9-7-5-4-6-8-9;;;;/h8-12H,7H2,1-6H3;9-10H,6-7H2,1-5H3;2*5-8H,1-3H3;1H2;2*1H;/q4*-1;;;;. The van der Waals surface area contributed by atoms with Crippen molar-refractivity contribution in [2.75, 3.05) is 0 Å². The number of allylic oxidation sites excluding steroid dienone is 8. The van der Waals surface area contributed by atoms with E-state index in [1.807, 2.05) is 24.3 Å². The van der Waals surface area contributed by atoms with Crippen molar-refractivity contribution < 1.29 is 24.2 Å². The third kappa shape index (κ3) is 13.1. The van der Waals surface area contributed by atoms with Crippen molar-refractivity contribution in [3.63, 3.8) is 0 Å². The third-order valence-electron chi connectivity index (χ3n) is 12.3. The van der Waals surface area contributed by atoms with Crippen LogP contribution in [-0.4, -0.2) is 4.21 Å². The van der Waals surface area contributed by atoms with Gasteiger partial charge >= 0.3 is 28.4 Å². The number of hydrogen-bond donors (Lipinski definition) is 0. The van der Waals surface area contributed by atoms with Gasteiger partial charge in [-0.15, -0.1) is 36.4 Å². The number of halogens is 2. The number of fused-ring (bicyclic) bond motifs is 5. The average molecular weight is 947 g/mol. The van der Waals surface area contributed by atoms with Crippen LogP contribution in [-0.2, 0) is 52.3 Å². The summed E-state index contributed by atoms with van der Waals surface area (Å²) >= 11 is 1.30. The topological polar surface area (TPSA) is 0 Å². The molecule has 0 saturated carbocycles. The fourth-order valence-electron chi connectivity index (χ4n) is 8.91. The van der Waals surface area contributed by atoms with Crippen LogP contribution < -0.4 is 0 Å². The molecule has 4 aromatic rings. The summed E-state index contributed by atoms with van der Waals surface area (Å²) in [5.74, 6) is 0.573. The minimum atomic E-state index is 0. The summed E-state index contributed by atoms with van der Waals surface area (Å²) in [6, 6.07) is 32.1. The van der Waals surface area contributed by atoms with Gasteiger partial charge in [0.2, 0.25) is 0 Å². The van der Waals surface area contributed by atoms with Crippen LogP contribution in [0.2, 0.25) is 0 Å². The van der Waals surface area contributed by atoms with Crippen molar-refractivity contribution >= 4 is 40.2 Å². The molecule has 0 heterocycles. The summed E-state index contributed by atoms with van der Waals surface area (Å²) in [6.45, 7) is 38.3. The first-order valence-electron chi connectivity index (χ1n) is 22.2. The fraction of sp³-hybridized carbons (Fsp3) is 0.441. The van der Waals surface area contributed by atoms with Crippen LogP contribution in [0.1, 0.15) is 175 Å². The molecule has 8 rings (SSSR count). The van der Waals surface area contributed by atoms with Crippen molar-refractivity contribution in [1.29, 1.82) is 0 Å². The van der Waals surface area contributed by atoms with E-state index in [1.165, 1.54) is 109 Å². The molecule has 0 spiro atoms. The van der Waals surface area contributed by atoms with E-state index in [2.05, 4.69) is 207 Å². The van der Waals surface area contributed by atoms with Gasteiger partial charge in [-0.05, 0) is 69.2 Å². The molecule has 3 heteroatoms. The molecule has 0 aromatic heterocycles. The van der Waals surface area contributed by atoms with E-state index < -0.39 is 0 Å². The third-order valence-corrected chi connectivity index (χ3v) is 12.3. The zero-order valence-electron chi connectivity index (χ0n) is 41.3. The van der Waals surface area contributed by atoms with Gasteiger partial charge in [0.25, 0.3) is 0 Å². The van der Waals surface area contributed by atoms with Crippen molar-refractivity contribution in [3.8, 4) is 11.1 Å². The Hall–Kier alpha value is -2.83. The van der Waals surface area contributed by atoms with Crippen molar-refractivity contribution in [3.05, 3.63) is 165 Å². The Labute approximate surface area is 407 Å². The molecule has 0 aliphatic heterocycles. The summed E-state index contributed by atoms with van der Waals surface area (Å²) in [4.78, 5) is 0. The number of rotatable bonds is 2. The van der Waals surface area contributed by atoms with E-state index in [0.717, 1.165) is 12.8 Å². The number of benzene rings is 4. The van der Waals surface area contributed by atoms with Crippen LogP contribution in [0.4, 0.5) is 0 Å². The molecule has 62 heavy (non-hydrogen) atoms. The normalized spacial score (nSPS) is 16.9. The molecule has 0 amide bonds. The second-order valence-corrected chi connectivity index (χ2v) is 21.1. The van der Waals surface area contributed by atoms with Crippen LogP contribution >= 0.6 is 24.8 Å². The van der Waals surface area contributed by atoms with Gasteiger partial charge in [-0.3, -0.25) is 12.2 Å². The molecule has 4 aromatic carbocycles. The molecule has 1 atom stereocenters. The molecule has 1 unspecified atom stereocenters. The Morgan fingerprint density at radius 1 is 0.645 bits per heavy atom. The molecular weight excluding hydrogens is 871 g/mol. The molecule has 0 radical (unpaired) electrons. The summed E-state index contributed by atoms with van der Waals surface area (Å²) in [5, 5.41) is 0. The van der Waals surface area contributed by atoms with Crippen molar-refractivity contribution in [1.82, 2.24) is 0 Å². The van der Waals surface area contributed by atoms with Crippen molar-refractivity contribution in [2.45, 2.75) is 159 Å². The molecule has 0 saturated heterocycles. The summed E-state index contributed by atoms with van der Waals surface area (Å²) < 4.78 is 3.34. The zero-order valence-corrected chi connectivity index (χ0v) is 45.4. The predicted octanol–water partition coefficient (Wildman–Crippen LogP) is 17.0. The van der Waals surface area contributed by atoms with Gasteiger partial charge in [-0.1, -0.05) is 159 Å². The Balaban J connectivity index is 0.000000305. The number of hydrogen-bond acceptors (Lipinski definition) is 0. The van der Waals surface area contributed by atoms with Gasteiger partial charge < -0.3 is 0 Å². The van der Waals surface area contributed by atoms with E-state index in [4.69, 9.17) is 0 Å². The van der Waals surface area contributed by atoms with Crippen molar-refractivity contribution in [2.24, 2.45) is 11.3 Å². The van der Waals surface area contributed by atoms with E-state index in [9.17, 15) is 0 Å². The van der Waals surface area contributed by atoms with Crippen LogP contribution in [0.3, 0.4) is 0 Å². The van der Waals surface area contributed by atoms with Crippen LogP contribution in [0, 0.1) is 35.6 Å². The molecule has 4 aliphatic rings. The first kappa shape index (κ1) is 55.3. The SMILES string of the molecule is CC(C)(C)c1cc[c-]cc1.CC(C)(C)c1cc[c-]cc1.CC1=[C-]C(C)(C)c2cc3c(cc21)-c1cc2c(cc1C3)C(C)(C)C=C2C.CCC1=[C-]C(CC)C=C1C(C)(C)C.Cl.Cl.[CH2]=[Zr]. The quantitative estimate of drug-likeness (QED) is 0.155. The van der Waals surface area contributed by atoms with Crippen LogP contribution in [0.15, 0.2) is 96.1 Å². The maximum atomic E-state index is 3.65. The second kappa shape index (κ2) is 21.9. The van der Waals surface area contributed by atoms with Gasteiger partial charge in [0.1, 0.15) is 0 Å². The molecule has 0 nitrogen and oxygen atoms in total. The minimum absolute atomic E-state index is 0. The molecular formula is C59H76Cl2Zr-4. The Kier molecular flexibility index (Phi) is 19.5. The molecule has 0 fully saturated rings. The summed E-state index contributed by atoms with van der Waals surface area (Å²) in [5.41, 5.74) is 21.1. The summed E-state index contributed by atoms with van der Waals surface area (Å²) in [7, 11) is 0. The summed E-state index contributed by atoms with van der Waals surface area (Å²) in [6.07, 6.45) is 15.4. The van der Waals surface area contributed by atoms with E-state index in [-0.39, 0.29) is 46.5 Å². The Bertz CT molecular complexity index is 2110. The van der Waals surface area contributed by atoms with E-state index in [1.54, 1.807) is 0 Å². The molecule has 0 N–H and O–H groups in total. The Morgan fingerprint density at radius 2 is 1.10 bits per heavy atom. The molecule has 4 aliphatic carbocycles. The van der Waals surface area contributed by atoms with Gasteiger partial charge in [0.05, 0.1) is 0 Å². The molecule has 334 valence electrons. The monoisotopic (exact) mass is 944 g/mol. The van der Waals surface area contributed by atoms with E-state index >= 15 is 0 Å². The van der Waals surface area contributed by atoms with E-state index in [0.29, 0.717) is 11.3 Å². The molecule has 0 bridgehead atoms. The zero-order chi connectivity index (χ0) is 45.0. The Morgan fingerprint density at radius 3 is 1.48 bits per heavy atom. The van der Waals surface area contributed by atoms with Gasteiger partial charge in [0.15, 0.2) is 0 Å². The maximum absolute atomic E-state index is 3.65. The first-order valence-corrected chi connectivity index (χ1v) is 23.9. The van der Waals surface area contributed by atoms with Gasteiger partial charge in [0, 0.05) is 5.41 Å². The van der Waals surface area contributed by atoms with Gasteiger partial charge in [-0.2, -0.15) is 89.0 Å². The van der Waals surface area contributed by atoms with Crippen LogP contribution in [0.25, 0.3) is 22.3 Å². The second-order valence-electron chi connectivity index (χ2n) is 21.1.